The molecular weight excluding hydrogens is 272 g/mol. The Labute approximate surface area is 125 Å². The zero-order valence-electron chi connectivity index (χ0n) is 12.0. The monoisotopic (exact) mass is 294 g/mol. The van der Waals surface area contributed by atoms with Crippen molar-refractivity contribution in [2.75, 3.05) is 24.5 Å². The Kier molecular flexibility index (Phi) is 4.20. The van der Waals surface area contributed by atoms with E-state index in [4.69, 9.17) is 11.6 Å². The average molecular weight is 295 g/mol. The summed E-state index contributed by atoms with van der Waals surface area (Å²) in [7, 11) is 0. The van der Waals surface area contributed by atoms with E-state index in [0.717, 1.165) is 44.0 Å². The quantitative estimate of drug-likeness (QED) is 0.896. The number of fused-ring (bicyclic) bond motifs is 1. The number of nitrogens with one attached hydrogen (secondary N) is 1. The van der Waals surface area contributed by atoms with Gasteiger partial charge in [0, 0.05) is 36.3 Å². The molecule has 4 heteroatoms. The summed E-state index contributed by atoms with van der Waals surface area (Å²) in [4.78, 5) is 2.41. The summed E-state index contributed by atoms with van der Waals surface area (Å²) in [5, 5.41) is 14.2. The van der Waals surface area contributed by atoms with Gasteiger partial charge >= 0.3 is 0 Å². The molecule has 2 fully saturated rings. The molecule has 1 aromatic rings. The highest BCUT2D eigenvalue weighted by Crippen LogP contribution is 2.41. The number of anilines is 1. The van der Waals surface area contributed by atoms with Crippen LogP contribution in [0.15, 0.2) is 18.2 Å². The normalized spacial score (nSPS) is 28.9. The number of nitrogens with zero attached hydrogens (tertiary/aromatic N) is 1. The van der Waals surface area contributed by atoms with E-state index in [1.165, 1.54) is 11.3 Å². The predicted octanol–water partition coefficient (Wildman–Crippen LogP) is 2.66. The first kappa shape index (κ1) is 14.2. The van der Waals surface area contributed by atoms with Crippen LogP contribution in [0.3, 0.4) is 0 Å². The maximum Gasteiger partial charge on any atom is 0.0588 e. The Morgan fingerprint density at radius 3 is 2.95 bits per heavy atom. The maximum atomic E-state index is 10.1. The first-order valence-corrected chi connectivity index (χ1v) is 7.99. The van der Waals surface area contributed by atoms with E-state index in [-0.39, 0.29) is 6.10 Å². The van der Waals surface area contributed by atoms with Crippen LogP contribution >= 0.6 is 11.6 Å². The van der Waals surface area contributed by atoms with E-state index in [1.54, 1.807) is 0 Å². The molecule has 2 aliphatic rings. The first-order chi connectivity index (χ1) is 9.69. The average Bonchev–Trinajstić information content (AvgIpc) is 3.00. The number of rotatable bonds is 4. The molecule has 2 N–H and O–H groups in total. The molecule has 1 saturated carbocycles. The standard InChI is InChI=1S/C16H23ClN2O/c1-2-18-8-11-3-5-13(17)7-15(11)19-9-12-4-6-16(20)14(12)10-19/h3,5,7,12,14,16,18,20H,2,4,6,8-10H2,1H3. The molecule has 0 radical (unpaired) electrons. The molecule has 0 amide bonds. The topological polar surface area (TPSA) is 35.5 Å². The lowest BCUT2D eigenvalue weighted by atomic mass is 10.00. The zero-order chi connectivity index (χ0) is 14.1. The number of benzene rings is 1. The minimum absolute atomic E-state index is 0.110. The van der Waals surface area contributed by atoms with Crippen LogP contribution in [0.25, 0.3) is 0 Å². The Bertz CT molecular complexity index is 480. The Hall–Kier alpha value is -0.770. The minimum Gasteiger partial charge on any atom is -0.393 e. The van der Waals surface area contributed by atoms with Crippen LogP contribution in [0.1, 0.15) is 25.3 Å². The second-order valence-corrected chi connectivity index (χ2v) is 6.46. The molecule has 1 aliphatic heterocycles. The van der Waals surface area contributed by atoms with E-state index in [0.29, 0.717) is 11.8 Å². The number of halogens is 1. The molecule has 3 rings (SSSR count). The lowest BCUT2D eigenvalue weighted by Gasteiger charge is -2.24. The van der Waals surface area contributed by atoms with Gasteiger partial charge < -0.3 is 15.3 Å². The number of hydrogen-bond donors (Lipinski definition) is 2. The van der Waals surface area contributed by atoms with E-state index in [1.807, 2.05) is 6.07 Å². The van der Waals surface area contributed by atoms with Crippen LogP contribution in [0.5, 0.6) is 0 Å². The van der Waals surface area contributed by atoms with Gasteiger partial charge in [-0.25, -0.2) is 0 Å². The Balaban J connectivity index is 1.81. The summed E-state index contributed by atoms with van der Waals surface area (Å²) in [5.74, 6) is 1.09. The molecule has 1 aromatic carbocycles. The van der Waals surface area contributed by atoms with Gasteiger partial charge in [-0.15, -0.1) is 0 Å². The van der Waals surface area contributed by atoms with Gasteiger partial charge in [-0.1, -0.05) is 24.6 Å². The fourth-order valence-electron chi connectivity index (χ4n) is 3.67. The highest BCUT2D eigenvalue weighted by molar-refractivity contribution is 6.30. The molecule has 3 nitrogen and oxygen atoms in total. The molecule has 1 heterocycles. The van der Waals surface area contributed by atoms with Crippen molar-refractivity contribution in [3.8, 4) is 0 Å². The Morgan fingerprint density at radius 1 is 1.35 bits per heavy atom. The van der Waals surface area contributed by atoms with Crippen LogP contribution in [0.4, 0.5) is 5.69 Å². The third-order valence-electron chi connectivity index (χ3n) is 4.77. The zero-order valence-corrected chi connectivity index (χ0v) is 12.7. The fourth-order valence-corrected chi connectivity index (χ4v) is 3.84. The summed E-state index contributed by atoms with van der Waals surface area (Å²) in [6.07, 6.45) is 2.02. The summed E-state index contributed by atoms with van der Waals surface area (Å²) >= 11 is 6.18. The number of hydrogen-bond acceptors (Lipinski definition) is 3. The highest BCUT2D eigenvalue weighted by Gasteiger charge is 2.42. The number of aliphatic hydroxyl groups is 1. The van der Waals surface area contributed by atoms with E-state index >= 15 is 0 Å². The summed E-state index contributed by atoms with van der Waals surface area (Å²) in [6.45, 7) is 5.97. The van der Waals surface area contributed by atoms with Gasteiger partial charge in [0.25, 0.3) is 0 Å². The van der Waals surface area contributed by atoms with Gasteiger partial charge in [0.2, 0.25) is 0 Å². The third kappa shape index (κ3) is 2.67. The van der Waals surface area contributed by atoms with Crippen molar-refractivity contribution in [2.24, 2.45) is 11.8 Å². The number of aliphatic hydroxyl groups excluding tert-OH is 1. The summed E-state index contributed by atoms with van der Waals surface area (Å²) in [6, 6.07) is 6.15. The molecule has 110 valence electrons. The maximum absolute atomic E-state index is 10.1. The lowest BCUT2D eigenvalue weighted by molar-refractivity contribution is 0.133. The van der Waals surface area contributed by atoms with Crippen molar-refractivity contribution in [2.45, 2.75) is 32.4 Å². The van der Waals surface area contributed by atoms with Gasteiger partial charge in [0.1, 0.15) is 0 Å². The van der Waals surface area contributed by atoms with E-state index in [9.17, 15) is 5.11 Å². The van der Waals surface area contributed by atoms with Crippen LogP contribution in [-0.4, -0.2) is 30.8 Å². The highest BCUT2D eigenvalue weighted by atomic mass is 35.5. The molecule has 3 atom stereocenters. The van der Waals surface area contributed by atoms with Crippen molar-refractivity contribution in [1.29, 1.82) is 0 Å². The van der Waals surface area contributed by atoms with E-state index in [2.05, 4.69) is 29.3 Å². The fraction of sp³-hybridized carbons (Fsp3) is 0.625. The predicted molar refractivity (Wildman–Crippen MR) is 83.3 cm³/mol. The first-order valence-electron chi connectivity index (χ1n) is 7.61. The van der Waals surface area contributed by atoms with Crippen molar-refractivity contribution in [1.82, 2.24) is 5.32 Å². The second kappa shape index (κ2) is 5.92. The van der Waals surface area contributed by atoms with E-state index < -0.39 is 0 Å². The third-order valence-corrected chi connectivity index (χ3v) is 5.01. The van der Waals surface area contributed by atoms with Crippen LogP contribution in [0, 0.1) is 11.8 Å². The van der Waals surface area contributed by atoms with Gasteiger partial charge in [-0.05, 0) is 43.0 Å². The second-order valence-electron chi connectivity index (χ2n) is 6.03. The van der Waals surface area contributed by atoms with Gasteiger partial charge in [0.15, 0.2) is 0 Å². The SMILES string of the molecule is CCNCc1ccc(Cl)cc1N1CC2CCC(O)C2C1. The Morgan fingerprint density at radius 2 is 2.20 bits per heavy atom. The lowest BCUT2D eigenvalue weighted by Crippen LogP contribution is -2.26. The summed E-state index contributed by atoms with van der Waals surface area (Å²) in [5.41, 5.74) is 2.53. The molecule has 0 aromatic heterocycles. The molecule has 1 aliphatic carbocycles. The largest absolute Gasteiger partial charge is 0.393 e. The minimum atomic E-state index is -0.110. The molecule has 3 unspecified atom stereocenters. The molecule has 0 bridgehead atoms. The van der Waals surface area contributed by atoms with Crippen LogP contribution in [-0.2, 0) is 6.54 Å². The van der Waals surface area contributed by atoms with Crippen molar-refractivity contribution in [3.63, 3.8) is 0 Å². The van der Waals surface area contributed by atoms with Gasteiger partial charge in [-0.2, -0.15) is 0 Å². The molecule has 1 saturated heterocycles. The summed E-state index contributed by atoms with van der Waals surface area (Å²) < 4.78 is 0. The van der Waals surface area contributed by atoms with Crippen LogP contribution < -0.4 is 10.2 Å². The van der Waals surface area contributed by atoms with Crippen molar-refractivity contribution >= 4 is 17.3 Å². The van der Waals surface area contributed by atoms with Crippen molar-refractivity contribution < 1.29 is 5.11 Å². The van der Waals surface area contributed by atoms with Crippen LogP contribution in [0.2, 0.25) is 5.02 Å². The molecular formula is C16H23ClN2O. The van der Waals surface area contributed by atoms with Gasteiger partial charge in [-0.3, -0.25) is 0 Å². The van der Waals surface area contributed by atoms with Crippen molar-refractivity contribution in [3.05, 3.63) is 28.8 Å². The van der Waals surface area contributed by atoms with Gasteiger partial charge in [0.05, 0.1) is 6.10 Å². The molecule has 20 heavy (non-hydrogen) atoms. The molecule has 0 spiro atoms. The smallest absolute Gasteiger partial charge is 0.0588 e.